The Kier molecular flexibility index (Phi) is 5.44. The number of rotatable bonds is 6. The van der Waals surface area contributed by atoms with E-state index in [4.69, 9.17) is 4.74 Å². The number of cyclic esters (lactones) is 1. The standard InChI is InChI=1S/C19H16F5NO3/c1-10-2-3-11(9-15(10)28-19(23,24)17(21)22)8-14-16(27-18(26)25-14)12-4-6-13(20)7-5-12/h2-7,9,14,16-17H,8H2,1H3,(H,25,26). The summed E-state index contributed by atoms with van der Waals surface area (Å²) in [5.41, 5.74) is 1.28. The van der Waals surface area contributed by atoms with Crippen LogP contribution in [0.25, 0.3) is 0 Å². The normalized spacial score (nSPS) is 19.5. The summed E-state index contributed by atoms with van der Waals surface area (Å²) in [5.74, 6) is -0.829. The van der Waals surface area contributed by atoms with E-state index in [-0.39, 0.29) is 17.7 Å². The molecule has 0 radical (unpaired) electrons. The Morgan fingerprint density at radius 3 is 2.50 bits per heavy atom. The van der Waals surface area contributed by atoms with E-state index in [0.29, 0.717) is 11.1 Å². The van der Waals surface area contributed by atoms with Gasteiger partial charge in [-0.3, -0.25) is 0 Å². The molecule has 150 valence electrons. The van der Waals surface area contributed by atoms with Gasteiger partial charge in [0.25, 0.3) is 0 Å². The maximum Gasteiger partial charge on any atom is 0.461 e. The lowest BCUT2D eigenvalue weighted by Crippen LogP contribution is -2.34. The number of carbonyl (C=O) groups excluding carboxylic acids is 1. The quantitative estimate of drug-likeness (QED) is 0.710. The third-order valence-corrected chi connectivity index (χ3v) is 4.31. The van der Waals surface area contributed by atoms with E-state index in [1.54, 1.807) is 6.07 Å². The van der Waals surface area contributed by atoms with Crippen molar-refractivity contribution in [3.05, 3.63) is 65.0 Å². The van der Waals surface area contributed by atoms with Gasteiger partial charge in [-0.25, -0.2) is 9.18 Å². The summed E-state index contributed by atoms with van der Waals surface area (Å²) in [6, 6.07) is 9.11. The Morgan fingerprint density at radius 2 is 1.86 bits per heavy atom. The number of benzene rings is 2. The molecule has 1 saturated heterocycles. The molecule has 1 aliphatic heterocycles. The molecule has 3 rings (SSSR count). The maximum absolute atomic E-state index is 13.2. The van der Waals surface area contributed by atoms with Crippen molar-refractivity contribution in [2.45, 2.75) is 38.0 Å². The molecule has 28 heavy (non-hydrogen) atoms. The molecule has 1 amide bonds. The van der Waals surface area contributed by atoms with Crippen molar-refractivity contribution in [3.63, 3.8) is 0 Å². The number of aryl methyl sites for hydroxylation is 1. The molecule has 4 nitrogen and oxygen atoms in total. The number of hydrogen-bond acceptors (Lipinski definition) is 3. The average Bonchev–Trinajstić information content (AvgIpc) is 2.98. The molecule has 2 unspecified atom stereocenters. The van der Waals surface area contributed by atoms with E-state index in [9.17, 15) is 26.7 Å². The molecular formula is C19H16F5NO3. The Balaban J connectivity index is 1.81. The second-order valence-corrected chi connectivity index (χ2v) is 6.40. The van der Waals surface area contributed by atoms with Gasteiger partial charge in [0, 0.05) is 0 Å². The molecule has 0 aliphatic carbocycles. The second kappa shape index (κ2) is 7.65. The van der Waals surface area contributed by atoms with E-state index >= 15 is 0 Å². The van der Waals surface area contributed by atoms with Gasteiger partial charge in [0.2, 0.25) is 0 Å². The van der Waals surface area contributed by atoms with E-state index in [0.717, 1.165) is 0 Å². The molecule has 0 aromatic heterocycles. The number of amides is 1. The topological polar surface area (TPSA) is 47.6 Å². The molecule has 1 N–H and O–H groups in total. The van der Waals surface area contributed by atoms with Crippen LogP contribution >= 0.6 is 0 Å². The number of alkyl carbamates (subject to hydrolysis) is 1. The van der Waals surface area contributed by atoms with Crippen molar-refractivity contribution in [1.82, 2.24) is 5.32 Å². The van der Waals surface area contributed by atoms with Crippen LogP contribution in [-0.2, 0) is 11.2 Å². The smallest absolute Gasteiger partial charge is 0.439 e. The van der Waals surface area contributed by atoms with E-state index in [1.165, 1.54) is 43.3 Å². The van der Waals surface area contributed by atoms with Crippen molar-refractivity contribution in [3.8, 4) is 5.75 Å². The highest BCUT2D eigenvalue weighted by Crippen LogP contribution is 2.33. The second-order valence-electron chi connectivity index (χ2n) is 6.40. The largest absolute Gasteiger partial charge is 0.461 e. The molecule has 9 heteroatoms. The van der Waals surface area contributed by atoms with Gasteiger partial charge < -0.3 is 14.8 Å². The fourth-order valence-corrected chi connectivity index (χ4v) is 2.90. The summed E-state index contributed by atoms with van der Waals surface area (Å²) in [4.78, 5) is 11.7. The minimum absolute atomic E-state index is 0.157. The highest BCUT2D eigenvalue weighted by molar-refractivity contribution is 5.70. The van der Waals surface area contributed by atoms with Crippen LogP contribution < -0.4 is 10.1 Å². The van der Waals surface area contributed by atoms with Gasteiger partial charge in [-0.1, -0.05) is 24.3 Å². The monoisotopic (exact) mass is 401 g/mol. The molecule has 1 aliphatic rings. The SMILES string of the molecule is Cc1ccc(CC2NC(=O)OC2c2ccc(F)cc2)cc1OC(F)(F)C(F)F. The molecule has 1 fully saturated rings. The van der Waals surface area contributed by atoms with Gasteiger partial charge in [-0.2, -0.15) is 17.6 Å². The molecule has 2 aromatic carbocycles. The van der Waals surface area contributed by atoms with Crippen molar-refractivity contribution in [2.24, 2.45) is 0 Å². The molecule has 0 bridgehead atoms. The number of alkyl halides is 4. The van der Waals surface area contributed by atoms with Crippen molar-refractivity contribution in [1.29, 1.82) is 0 Å². The zero-order chi connectivity index (χ0) is 20.5. The van der Waals surface area contributed by atoms with Crippen LogP contribution in [0, 0.1) is 12.7 Å². The first kappa shape index (κ1) is 19.9. The number of nitrogens with one attached hydrogen (secondary N) is 1. The Hall–Kier alpha value is -2.84. The summed E-state index contributed by atoms with van der Waals surface area (Å²) >= 11 is 0. The van der Waals surface area contributed by atoms with E-state index < -0.39 is 36.6 Å². The van der Waals surface area contributed by atoms with Crippen LogP contribution in [0.15, 0.2) is 42.5 Å². The van der Waals surface area contributed by atoms with Crippen molar-refractivity contribution < 1.29 is 36.2 Å². The zero-order valence-corrected chi connectivity index (χ0v) is 14.6. The van der Waals surface area contributed by atoms with Crippen molar-refractivity contribution >= 4 is 6.09 Å². The van der Waals surface area contributed by atoms with Crippen LogP contribution in [0.2, 0.25) is 0 Å². The first-order valence-electron chi connectivity index (χ1n) is 8.33. The lowest BCUT2D eigenvalue weighted by molar-refractivity contribution is -0.253. The summed E-state index contributed by atoms with van der Waals surface area (Å²) in [5, 5.41) is 2.60. The number of carbonyl (C=O) groups is 1. The molecule has 1 heterocycles. The summed E-state index contributed by atoms with van der Waals surface area (Å²) in [7, 11) is 0. The zero-order valence-electron chi connectivity index (χ0n) is 14.6. The molecular weight excluding hydrogens is 385 g/mol. The highest BCUT2D eigenvalue weighted by atomic mass is 19.3. The van der Waals surface area contributed by atoms with Gasteiger partial charge in [0.05, 0.1) is 6.04 Å². The maximum atomic E-state index is 13.2. The Bertz CT molecular complexity index is 857. The summed E-state index contributed by atoms with van der Waals surface area (Å²) < 4.78 is 73.8. The Morgan fingerprint density at radius 1 is 1.18 bits per heavy atom. The number of hydrogen-bond donors (Lipinski definition) is 1. The predicted molar refractivity (Wildman–Crippen MR) is 89.0 cm³/mol. The van der Waals surface area contributed by atoms with Crippen LogP contribution in [0.1, 0.15) is 22.8 Å². The van der Waals surface area contributed by atoms with Crippen LogP contribution in [0.4, 0.5) is 26.7 Å². The first-order chi connectivity index (χ1) is 13.2. The van der Waals surface area contributed by atoms with E-state index in [1.807, 2.05) is 0 Å². The number of halogens is 5. The summed E-state index contributed by atoms with van der Waals surface area (Å²) in [6.07, 6.45) is -9.83. The van der Waals surface area contributed by atoms with Gasteiger partial charge in [-0.05, 0) is 48.2 Å². The fraction of sp³-hybridized carbons (Fsp3) is 0.316. The van der Waals surface area contributed by atoms with Crippen LogP contribution in [0.5, 0.6) is 5.75 Å². The van der Waals surface area contributed by atoms with Gasteiger partial charge in [-0.15, -0.1) is 0 Å². The van der Waals surface area contributed by atoms with Crippen molar-refractivity contribution in [2.75, 3.05) is 0 Å². The molecule has 0 saturated carbocycles. The average molecular weight is 401 g/mol. The molecule has 2 aromatic rings. The lowest BCUT2D eigenvalue weighted by Gasteiger charge is -2.20. The van der Waals surface area contributed by atoms with Crippen LogP contribution in [0.3, 0.4) is 0 Å². The highest BCUT2D eigenvalue weighted by Gasteiger charge is 2.44. The van der Waals surface area contributed by atoms with E-state index in [2.05, 4.69) is 10.1 Å². The van der Waals surface area contributed by atoms with Gasteiger partial charge in [0.1, 0.15) is 17.7 Å². The Labute approximate surface area is 157 Å². The fourth-order valence-electron chi connectivity index (χ4n) is 2.90. The molecule has 0 spiro atoms. The predicted octanol–water partition coefficient (Wildman–Crippen LogP) is 4.76. The van der Waals surface area contributed by atoms with Crippen LogP contribution in [-0.4, -0.2) is 24.7 Å². The third-order valence-electron chi connectivity index (χ3n) is 4.31. The minimum Gasteiger partial charge on any atom is -0.439 e. The van der Waals surface area contributed by atoms with Gasteiger partial charge in [0.15, 0.2) is 0 Å². The first-order valence-corrected chi connectivity index (χ1v) is 8.33. The minimum atomic E-state index is -4.62. The molecule has 2 atom stereocenters. The number of ether oxygens (including phenoxy) is 2. The third kappa shape index (κ3) is 4.35. The summed E-state index contributed by atoms with van der Waals surface area (Å²) in [6.45, 7) is 1.45. The lowest BCUT2D eigenvalue weighted by atomic mass is 9.96. The van der Waals surface area contributed by atoms with Gasteiger partial charge >= 0.3 is 18.6 Å².